The number of aryl methyl sites for hydroxylation is 1. The van der Waals surface area contributed by atoms with Gasteiger partial charge in [-0.15, -0.1) is 11.3 Å². The summed E-state index contributed by atoms with van der Waals surface area (Å²) in [4.78, 5) is 6.45. The Morgan fingerprint density at radius 2 is 2.40 bits per heavy atom. The monoisotopic (exact) mass is 286 g/mol. The van der Waals surface area contributed by atoms with Gasteiger partial charge >= 0.3 is 0 Å². The van der Waals surface area contributed by atoms with Crippen LogP contribution in [0.5, 0.6) is 0 Å². The molecular formula is C9H11BrN4S. The van der Waals surface area contributed by atoms with Crippen molar-refractivity contribution < 1.29 is 0 Å². The average Bonchev–Trinajstić information content (AvgIpc) is 2.75. The van der Waals surface area contributed by atoms with Crippen molar-refractivity contribution >= 4 is 32.4 Å². The van der Waals surface area contributed by atoms with Crippen LogP contribution in [0.15, 0.2) is 22.4 Å². The molecule has 2 aromatic heterocycles. The molecule has 0 saturated carbocycles. The van der Waals surface area contributed by atoms with Gasteiger partial charge in [-0.1, -0.05) is 0 Å². The number of hydrogen-bond donors (Lipinski definition) is 0. The van der Waals surface area contributed by atoms with Crippen molar-refractivity contribution in [2.75, 3.05) is 11.9 Å². The molecule has 0 aliphatic carbocycles. The second-order valence-electron chi connectivity index (χ2n) is 3.33. The molecule has 80 valence electrons. The standard InChI is InChI=1S/C9H11BrN4S/c1-13(9-12-8(10)6-15-9)4-7-3-11-14(2)5-7/h3,5-6H,4H2,1-2H3. The number of anilines is 1. The van der Waals surface area contributed by atoms with Gasteiger partial charge in [0.15, 0.2) is 5.13 Å². The fraction of sp³-hybridized carbons (Fsp3) is 0.333. The van der Waals surface area contributed by atoms with E-state index in [1.807, 2.05) is 31.9 Å². The Morgan fingerprint density at radius 3 is 2.93 bits per heavy atom. The summed E-state index contributed by atoms with van der Waals surface area (Å²) in [6.45, 7) is 0.827. The van der Waals surface area contributed by atoms with Gasteiger partial charge in [-0.3, -0.25) is 4.68 Å². The van der Waals surface area contributed by atoms with Gasteiger partial charge in [0, 0.05) is 37.8 Å². The Balaban J connectivity index is 2.06. The molecular weight excluding hydrogens is 276 g/mol. The van der Waals surface area contributed by atoms with E-state index in [2.05, 4.69) is 30.9 Å². The quantitative estimate of drug-likeness (QED) is 0.868. The van der Waals surface area contributed by atoms with E-state index in [0.717, 1.165) is 16.3 Å². The van der Waals surface area contributed by atoms with Crippen LogP contribution in [-0.4, -0.2) is 21.8 Å². The molecule has 15 heavy (non-hydrogen) atoms. The molecule has 6 heteroatoms. The largest absolute Gasteiger partial charge is 0.347 e. The number of thiazole rings is 1. The van der Waals surface area contributed by atoms with Crippen LogP contribution in [0.1, 0.15) is 5.56 Å². The first-order chi connectivity index (χ1) is 7.15. The van der Waals surface area contributed by atoms with Gasteiger partial charge in [-0.25, -0.2) is 4.98 Å². The van der Waals surface area contributed by atoms with Gasteiger partial charge in [-0.05, 0) is 15.9 Å². The summed E-state index contributed by atoms with van der Waals surface area (Å²) in [6, 6.07) is 0. The van der Waals surface area contributed by atoms with E-state index in [-0.39, 0.29) is 0 Å². The van der Waals surface area contributed by atoms with Gasteiger partial charge < -0.3 is 4.90 Å². The fourth-order valence-electron chi connectivity index (χ4n) is 1.32. The highest BCUT2D eigenvalue weighted by Gasteiger charge is 2.07. The molecule has 0 bridgehead atoms. The molecule has 0 saturated heterocycles. The predicted octanol–water partition coefficient (Wildman–Crippen LogP) is 2.28. The van der Waals surface area contributed by atoms with Crippen LogP contribution >= 0.6 is 27.3 Å². The zero-order valence-corrected chi connectivity index (χ0v) is 10.9. The van der Waals surface area contributed by atoms with Crippen molar-refractivity contribution in [1.29, 1.82) is 0 Å². The van der Waals surface area contributed by atoms with Gasteiger partial charge in [0.1, 0.15) is 4.60 Å². The van der Waals surface area contributed by atoms with Crippen LogP contribution < -0.4 is 4.90 Å². The molecule has 2 rings (SSSR count). The topological polar surface area (TPSA) is 34.0 Å². The Morgan fingerprint density at radius 1 is 1.60 bits per heavy atom. The van der Waals surface area contributed by atoms with Crippen LogP contribution in [0, 0.1) is 0 Å². The van der Waals surface area contributed by atoms with Crippen molar-refractivity contribution in [1.82, 2.24) is 14.8 Å². The number of rotatable bonds is 3. The lowest BCUT2D eigenvalue weighted by Crippen LogP contribution is -2.15. The first kappa shape index (κ1) is 10.6. The molecule has 0 aliphatic rings. The second-order valence-corrected chi connectivity index (χ2v) is 4.98. The summed E-state index contributed by atoms with van der Waals surface area (Å²) < 4.78 is 2.70. The molecule has 2 aromatic rings. The Labute approximate surface area is 101 Å². The molecule has 0 aromatic carbocycles. The normalized spacial score (nSPS) is 10.6. The van der Waals surface area contributed by atoms with Crippen molar-refractivity contribution in [2.24, 2.45) is 7.05 Å². The van der Waals surface area contributed by atoms with Gasteiger partial charge in [0.2, 0.25) is 0 Å². The van der Waals surface area contributed by atoms with E-state index < -0.39 is 0 Å². The van der Waals surface area contributed by atoms with E-state index >= 15 is 0 Å². The Kier molecular flexibility index (Phi) is 3.06. The number of hydrogen-bond acceptors (Lipinski definition) is 4. The summed E-state index contributed by atoms with van der Waals surface area (Å²) in [5.74, 6) is 0. The van der Waals surface area contributed by atoms with Crippen LogP contribution in [0.2, 0.25) is 0 Å². The molecule has 0 N–H and O–H groups in total. The average molecular weight is 287 g/mol. The second kappa shape index (κ2) is 4.32. The summed E-state index contributed by atoms with van der Waals surface area (Å²) in [5, 5.41) is 7.12. The summed E-state index contributed by atoms with van der Waals surface area (Å²) in [6.07, 6.45) is 3.89. The molecule has 4 nitrogen and oxygen atoms in total. The van der Waals surface area contributed by atoms with E-state index in [1.54, 1.807) is 16.0 Å². The third-order valence-electron chi connectivity index (χ3n) is 1.97. The summed E-state index contributed by atoms with van der Waals surface area (Å²) in [7, 11) is 3.95. The number of nitrogens with zero attached hydrogens (tertiary/aromatic N) is 4. The Hall–Kier alpha value is -0.880. The highest BCUT2D eigenvalue weighted by atomic mass is 79.9. The first-order valence-electron chi connectivity index (χ1n) is 4.45. The number of aromatic nitrogens is 3. The Bertz CT molecular complexity index is 450. The smallest absolute Gasteiger partial charge is 0.186 e. The van der Waals surface area contributed by atoms with Crippen molar-refractivity contribution in [3.05, 3.63) is 27.9 Å². The van der Waals surface area contributed by atoms with Gasteiger partial charge in [0.25, 0.3) is 0 Å². The van der Waals surface area contributed by atoms with Crippen LogP contribution in [0.25, 0.3) is 0 Å². The number of halogens is 1. The highest BCUT2D eigenvalue weighted by Crippen LogP contribution is 2.23. The molecule has 0 aliphatic heterocycles. The zero-order chi connectivity index (χ0) is 10.8. The van der Waals surface area contributed by atoms with Crippen LogP contribution in [0.3, 0.4) is 0 Å². The molecule has 0 atom stereocenters. The lowest BCUT2D eigenvalue weighted by Gasteiger charge is -2.13. The minimum Gasteiger partial charge on any atom is -0.347 e. The zero-order valence-electron chi connectivity index (χ0n) is 8.51. The molecule has 0 spiro atoms. The van der Waals surface area contributed by atoms with Gasteiger partial charge in [0.05, 0.1) is 6.20 Å². The molecule has 0 unspecified atom stereocenters. The van der Waals surface area contributed by atoms with Crippen molar-refractivity contribution in [2.45, 2.75) is 6.54 Å². The lowest BCUT2D eigenvalue weighted by atomic mass is 10.3. The molecule has 0 fully saturated rings. The maximum Gasteiger partial charge on any atom is 0.186 e. The van der Waals surface area contributed by atoms with E-state index in [0.29, 0.717) is 0 Å². The van der Waals surface area contributed by atoms with E-state index in [4.69, 9.17) is 0 Å². The van der Waals surface area contributed by atoms with Crippen LogP contribution in [0.4, 0.5) is 5.13 Å². The van der Waals surface area contributed by atoms with Crippen LogP contribution in [-0.2, 0) is 13.6 Å². The van der Waals surface area contributed by atoms with Gasteiger partial charge in [-0.2, -0.15) is 5.10 Å². The molecule has 0 amide bonds. The molecule has 2 heterocycles. The summed E-state index contributed by atoms with van der Waals surface area (Å²) in [5.41, 5.74) is 1.19. The fourth-order valence-corrected chi connectivity index (χ4v) is 2.53. The maximum absolute atomic E-state index is 4.35. The van der Waals surface area contributed by atoms with E-state index in [9.17, 15) is 0 Å². The van der Waals surface area contributed by atoms with E-state index in [1.165, 1.54) is 5.56 Å². The lowest BCUT2D eigenvalue weighted by molar-refractivity contribution is 0.766. The highest BCUT2D eigenvalue weighted by molar-refractivity contribution is 9.10. The van der Waals surface area contributed by atoms with Crippen molar-refractivity contribution in [3.63, 3.8) is 0 Å². The first-order valence-corrected chi connectivity index (χ1v) is 6.12. The SMILES string of the molecule is CN(Cc1cnn(C)c1)c1nc(Br)cs1. The molecule has 0 radical (unpaired) electrons. The van der Waals surface area contributed by atoms with Crippen molar-refractivity contribution in [3.8, 4) is 0 Å². The third kappa shape index (κ3) is 2.57. The summed E-state index contributed by atoms with van der Waals surface area (Å²) >= 11 is 4.97. The third-order valence-corrected chi connectivity index (χ3v) is 3.63. The minimum atomic E-state index is 0.827. The maximum atomic E-state index is 4.35. The minimum absolute atomic E-state index is 0.827. The predicted molar refractivity (Wildman–Crippen MR) is 65.1 cm³/mol.